The van der Waals surface area contributed by atoms with Gasteiger partial charge in [0.2, 0.25) is 0 Å². The van der Waals surface area contributed by atoms with Gasteiger partial charge < -0.3 is 16.0 Å². The summed E-state index contributed by atoms with van der Waals surface area (Å²) in [5, 5.41) is 4.22. The second-order valence-corrected chi connectivity index (χ2v) is 6.38. The third kappa shape index (κ3) is 3.15. The Balaban J connectivity index is 1.83. The third-order valence-electron chi connectivity index (χ3n) is 4.65. The topological polar surface area (TPSA) is 66.5 Å². The average molecular weight is 355 g/mol. The zero-order valence-electron chi connectivity index (χ0n) is 15.3. The van der Waals surface area contributed by atoms with Crippen LogP contribution in [0.3, 0.4) is 0 Å². The van der Waals surface area contributed by atoms with Crippen LogP contribution in [0.1, 0.15) is 5.56 Å². The van der Waals surface area contributed by atoms with Crippen molar-refractivity contribution in [3.8, 4) is 11.3 Å². The number of likely N-dealkylation sites (N-methyl/N-ethyl adjacent to an activating group) is 1. The molecule has 3 N–H and O–H groups in total. The number of rotatable bonds is 2. The number of amidine groups is 1. The Hall–Kier alpha value is -3.60. The summed E-state index contributed by atoms with van der Waals surface area (Å²) in [6, 6.07) is 20.4. The molecule has 5 nitrogen and oxygen atoms in total. The molecule has 0 unspecified atom stereocenters. The number of hydrogen-bond acceptors (Lipinski definition) is 4. The Morgan fingerprint density at radius 2 is 1.85 bits per heavy atom. The Labute approximate surface area is 158 Å². The summed E-state index contributed by atoms with van der Waals surface area (Å²) in [5.41, 5.74) is 11.9. The molecule has 27 heavy (non-hydrogen) atoms. The molecule has 0 amide bonds. The Bertz CT molecular complexity index is 1080. The zero-order chi connectivity index (χ0) is 18.8. The number of aliphatic imine (C=N–C) groups is 1. The molecule has 1 aromatic heterocycles. The molecule has 2 aromatic carbocycles. The minimum Gasteiger partial charge on any atom is -0.396 e. The highest BCUT2D eigenvalue weighted by molar-refractivity contribution is 6.05. The summed E-state index contributed by atoms with van der Waals surface area (Å²) >= 11 is 0. The maximum atomic E-state index is 6.52. The smallest absolute Gasteiger partial charge is 0.151 e. The highest BCUT2D eigenvalue weighted by atomic mass is 15.2. The highest BCUT2D eigenvalue weighted by Gasteiger charge is 2.18. The molecular formula is C22H21N5. The number of nitrogens with zero attached hydrogens (tertiary/aromatic N) is 3. The quantitative estimate of drug-likeness (QED) is 0.738. The predicted octanol–water partition coefficient (Wildman–Crippen LogP) is 3.56. The van der Waals surface area contributed by atoms with E-state index in [4.69, 9.17) is 10.7 Å². The molecule has 0 radical (unpaired) electrons. The molecule has 0 spiro atoms. The maximum Gasteiger partial charge on any atom is 0.151 e. The molecule has 0 fully saturated rings. The van der Waals surface area contributed by atoms with Gasteiger partial charge in [0, 0.05) is 43.0 Å². The van der Waals surface area contributed by atoms with Gasteiger partial charge in [0.1, 0.15) is 5.70 Å². The van der Waals surface area contributed by atoms with Crippen molar-refractivity contribution < 1.29 is 0 Å². The molecule has 2 heterocycles. The lowest BCUT2D eigenvalue weighted by Gasteiger charge is -2.26. The van der Waals surface area contributed by atoms with Crippen LogP contribution in [0, 0.1) is 0 Å². The molecule has 0 atom stereocenters. The summed E-state index contributed by atoms with van der Waals surface area (Å²) in [7, 11) is 3.70. The van der Waals surface area contributed by atoms with Crippen LogP contribution in [0.25, 0.3) is 27.9 Å². The van der Waals surface area contributed by atoms with Gasteiger partial charge in [-0.1, -0.05) is 48.5 Å². The lowest BCUT2D eigenvalue weighted by atomic mass is 10.0. The van der Waals surface area contributed by atoms with Crippen LogP contribution in [0.5, 0.6) is 0 Å². The number of fused-ring (bicyclic) bond motifs is 1. The van der Waals surface area contributed by atoms with Crippen molar-refractivity contribution >= 4 is 22.4 Å². The van der Waals surface area contributed by atoms with E-state index in [1.54, 1.807) is 7.05 Å². The van der Waals surface area contributed by atoms with Gasteiger partial charge in [-0.15, -0.1) is 0 Å². The SMILES string of the molecule is CN=C1NC=CN(C)/C1=C(\N)c1ccc2ccc(-c3ccccc3)nc2c1. The molecule has 0 saturated carbocycles. The average Bonchev–Trinajstić information content (AvgIpc) is 2.73. The van der Waals surface area contributed by atoms with Crippen LogP contribution in [-0.2, 0) is 0 Å². The first-order valence-corrected chi connectivity index (χ1v) is 8.77. The largest absolute Gasteiger partial charge is 0.396 e. The van der Waals surface area contributed by atoms with Crippen molar-refractivity contribution in [1.82, 2.24) is 15.2 Å². The maximum absolute atomic E-state index is 6.52. The van der Waals surface area contributed by atoms with Crippen molar-refractivity contribution in [2.75, 3.05) is 14.1 Å². The van der Waals surface area contributed by atoms with Crippen molar-refractivity contribution in [3.63, 3.8) is 0 Å². The first-order valence-electron chi connectivity index (χ1n) is 8.77. The first kappa shape index (κ1) is 16.8. The van der Waals surface area contributed by atoms with Gasteiger partial charge in [-0.05, 0) is 12.1 Å². The number of nitrogens with two attached hydrogens (primary N) is 1. The summed E-state index contributed by atoms with van der Waals surface area (Å²) in [6.07, 6.45) is 3.76. The fourth-order valence-electron chi connectivity index (χ4n) is 3.22. The summed E-state index contributed by atoms with van der Waals surface area (Å²) < 4.78 is 0. The van der Waals surface area contributed by atoms with Crippen LogP contribution in [0.15, 0.2) is 83.8 Å². The van der Waals surface area contributed by atoms with Gasteiger partial charge in [0.15, 0.2) is 5.84 Å². The van der Waals surface area contributed by atoms with E-state index in [0.717, 1.165) is 39.3 Å². The first-order chi connectivity index (χ1) is 13.2. The van der Waals surface area contributed by atoms with E-state index in [0.29, 0.717) is 5.70 Å². The van der Waals surface area contributed by atoms with Crippen LogP contribution >= 0.6 is 0 Å². The van der Waals surface area contributed by atoms with E-state index < -0.39 is 0 Å². The van der Waals surface area contributed by atoms with Crippen LogP contribution in [-0.4, -0.2) is 29.8 Å². The van der Waals surface area contributed by atoms with E-state index in [9.17, 15) is 0 Å². The Morgan fingerprint density at radius 1 is 1.07 bits per heavy atom. The second kappa shape index (κ2) is 6.96. The number of hydrogen-bond donors (Lipinski definition) is 2. The monoisotopic (exact) mass is 355 g/mol. The summed E-state index contributed by atoms with van der Waals surface area (Å²) in [5.74, 6) is 0.739. The summed E-state index contributed by atoms with van der Waals surface area (Å²) in [6.45, 7) is 0. The number of pyridine rings is 1. The molecule has 1 aliphatic rings. The van der Waals surface area contributed by atoms with Gasteiger partial charge in [-0.3, -0.25) is 4.99 Å². The van der Waals surface area contributed by atoms with E-state index in [2.05, 4.69) is 34.6 Å². The highest BCUT2D eigenvalue weighted by Crippen LogP contribution is 2.25. The van der Waals surface area contributed by atoms with Gasteiger partial charge in [0.25, 0.3) is 0 Å². The molecule has 0 saturated heterocycles. The molecule has 1 aliphatic heterocycles. The molecule has 0 bridgehead atoms. The molecule has 4 rings (SSSR count). The van der Waals surface area contributed by atoms with Gasteiger partial charge in [-0.25, -0.2) is 4.98 Å². The van der Waals surface area contributed by atoms with Gasteiger partial charge >= 0.3 is 0 Å². The van der Waals surface area contributed by atoms with Gasteiger partial charge in [0.05, 0.1) is 16.9 Å². The van der Waals surface area contributed by atoms with Crippen LogP contribution in [0.4, 0.5) is 0 Å². The van der Waals surface area contributed by atoms with Crippen LogP contribution in [0.2, 0.25) is 0 Å². The minimum atomic E-state index is 0.656. The molecule has 134 valence electrons. The normalized spacial score (nSPS) is 17.3. The number of aromatic nitrogens is 1. The third-order valence-corrected chi connectivity index (χ3v) is 4.65. The molecular weight excluding hydrogens is 334 g/mol. The van der Waals surface area contributed by atoms with Gasteiger partial charge in [-0.2, -0.15) is 0 Å². The molecule has 0 aliphatic carbocycles. The van der Waals surface area contributed by atoms with Crippen molar-refractivity contribution in [2.45, 2.75) is 0 Å². The lowest BCUT2D eigenvalue weighted by Crippen LogP contribution is -2.34. The number of nitrogens with one attached hydrogen (secondary N) is 1. The van der Waals surface area contributed by atoms with Crippen molar-refractivity contribution in [2.24, 2.45) is 10.7 Å². The van der Waals surface area contributed by atoms with Crippen LogP contribution < -0.4 is 11.1 Å². The fraction of sp³-hybridized carbons (Fsp3) is 0.0909. The lowest BCUT2D eigenvalue weighted by molar-refractivity contribution is 0.582. The van der Waals surface area contributed by atoms with E-state index in [1.807, 2.05) is 60.7 Å². The Kier molecular flexibility index (Phi) is 4.34. The van der Waals surface area contributed by atoms with Crippen molar-refractivity contribution in [1.29, 1.82) is 0 Å². The standard InChI is InChI=1S/C22H21N5/c1-24-22-21(27(2)13-12-25-22)20(23)17-9-8-16-10-11-18(26-19(16)14-17)15-6-4-3-5-7-15/h3-14H,23H2,1-2H3,(H,24,25)/b21-20-. The zero-order valence-corrected chi connectivity index (χ0v) is 15.3. The molecule has 5 heteroatoms. The van der Waals surface area contributed by atoms with E-state index >= 15 is 0 Å². The fourth-order valence-corrected chi connectivity index (χ4v) is 3.22. The minimum absolute atomic E-state index is 0.656. The Morgan fingerprint density at radius 3 is 2.63 bits per heavy atom. The van der Waals surface area contributed by atoms with Crippen molar-refractivity contribution in [3.05, 3.63) is 84.3 Å². The predicted molar refractivity (Wildman–Crippen MR) is 112 cm³/mol. The second-order valence-electron chi connectivity index (χ2n) is 6.38. The summed E-state index contributed by atoms with van der Waals surface area (Å²) in [4.78, 5) is 11.1. The van der Waals surface area contributed by atoms with E-state index in [1.165, 1.54) is 0 Å². The molecule has 3 aromatic rings. The number of benzene rings is 2. The van der Waals surface area contributed by atoms with E-state index in [-0.39, 0.29) is 0 Å².